The van der Waals surface area contributed by atoms with E-state index in [1.165, 1.54) is 44.9 Å². The van der Waals surface area contributed by atoms with E-state index in [9.17, 15) is 4.79 Å². The van der Waals surface area contributed by atoms with Crippen LogP contribution in [0.1, 0.15) is 79.1 Å². The van der Waals surface area contributed by atoms with E-state index in [1.54, 1.807) is 0 Å². The lowest BCUT2D eigenvalue weighted by Gasteiger charge is -2.64. The van der Waals surface area contributed by atoms with Crippen molar-refractivity contribution in [2.24, 2.45) is 38.9 Å². The molecule has 2 spiro atoms. The van der Waals surface area contributed by atoms with Gasteiger partial charge in [0.25, 0.3) is 0 Å². The Balaban J connectivity index is 1.41. The molecule has 160 valence electrons. The summed E-state index contributed by atoms with van der Waals surface area (Å²) in [5.74, 6) is 1.98. The van der Waals surface area contributed by atoms with Crippen molar-refractivity contribution >= 4 is 5.78 Å². The molecule has 0 bridgehead atoms. The summed E-state index contributed by atoms with van der Waals surface area (Å²) in [6.45, 7) is 11.3. The predicted molar refractivity (Wildman–Crippen MR) is 114 cm³/mol. The highest BCUT2D eigenvalue weighted by molar-refractivity contribution is 6.00. The topological polar surface area (TPSA) is 29.5 Å². The van der Waals surface area contributed by atoms with Gasteiger partial charge in [-0.3, -0.25) is 9.69 Å². The van der Waals surface area contributed by atoms with Crippen LogP contribution in [-0.4, -0.2) is 37.1 Å². The van der Waals surface area contributed by atoms with Crippen LogP contribution in [0.4, 0.5) is 0 Å². The molecule has 0 unspecified atom stereocenters. The minimum absolute atomic E-state index is 0.0979. The van der Waals surface area contributed by atoms with Gasteiger partial charge in [0.2, 0.25) is 0 Å². The first kappa shape index (κ1) is 19.0. The summed E-state index contributed by atoms with van der Waals surface area (Å²) in [6, 6.07) is 0.688. The minimum Gasteiger partial charge on any atom is -0.365 e. The van der Waals surface area contributed by atoms with Gasteiger partial charge in [0, 0.05) is 23.3 Å². The van der Waals surface area contributed by atoms with Crippen molar-refractivity contribution < 1.29 is 9.53 Å². The molecule has 0 aromatic heterocycles. The number of fused-ring (bicyclic) bond motifs is 4. The first-order chi connectivity index (χ1) is 13.7. The number of hydrogen-bond acceptors (Lipinski definition) is 3. The lowest BCUT2D eigenvalue weighted by Crippen LogP contribution is -2.63. The number of nitrogens with zero attached hydrogens (tertiary/aromatic N) is 1. The second-order valence-electron chi connectivity index (χ2n) is 12.5. The molecule has 3 nitrogen and oxygen atoms in total. The van der Waals surface area contributed by atoms with Crippen molar-refractivity contribution in [2.75, 3.05) is 20.4 Å². The molecule has 0 amide bonds. The van der Waals surface area contributed by atoms with Gasteiger partial charge in [0.1, 0.15) is 0 Å². The second-order valence-corrected chi connectivity index (χ2v) is 12.5. The molecule has 5 saturated carbocycles. The minimum atomic E-state index is 0.0979. The molecule has 1 aliphatic heterocycles. The number of hydrogen-bond donors (Lipinski definition) is 0. The summed E-state index contributed by atoms with van der Waals surface area (Å²) < 4.78 is 6.12. The maximum absolute atomic E-state index is 13.0. The number of rotatable bonds is 0. The third-order valence-electron chi connectivity index (χ3n) is 12.0. The summed E-state index contributed by atoms with van der Waals surface area (Å²) in [7, 11) is 2.27. The molecular weight excluding hydrogens is 358 g/mol. The van der Waals surface area contributed by atoms with E-state index in [0.717, 1.165) is 37.2 Å². The van der Waals surface area contributed by atoms with Crippen molar-refractivity contribution in [1.82, 2.24) is 4.90 Å². The van der Waals surface area contributed by atoms with Crippen LogP contribution >= 0.6 is 0 Å². The van der Waals surface area contributed by atoms with Crippen LogP contribution in [0.5, 0.6) is 0 Å². The molecule has 0 N–H and O–H groups in total. The molecule has 6 fully saturated rings. The van der Waals surface area contributed by atoms with Crippen molar-refractivity contribution in [2.45, 2.75) is 85.1 Å². The van der Waals surface area contributed by atoms with Crippen molar-refractivity contribution in [1.29, 1.82) is 0 Å². The lowest BCUT2D eigenvalue weighted by molar-refractivity contribution is -0.198. The molecule has 3 heteroatoms. The van der Waals surface area contributed by atoms with E-state index >= 15 is 0 Å². The Morgan fingerprint density at radius 2 is 1.76 bits per heavy atom. The predicted octanol–water partition coefficient (Wildman–Crippen LogP) is 5.20. The van der Waals surface area contributed by atoms with Crippen LogP contribution in [0.25, 0.3) is 0 Å². The second kappa shape index (κ2) is 5.38. The molecule has 8 atom stereocenters. The SMILES string of the molecule is C/C=C1\C(=O)C[C@@]2(C)[C@@H]3CC[C@H]4[C@]5(C)COCN(C)[C@H]5CC[C@@]45C[C@@]35CC[C@]12C. The molecule has 1 saturated heterocycles. The summed E-state index contributed by atoms with van der Waals surface area (Å²) in [4.78, 5) is 15.5. The van der Waals surface area contributed by atoms with Crippen LogP contribution in [0.3, 0.4) is 0 Å². The van der Waals surface area contributed by atoms with Crippen molar-refractivity contribution in [3.8, 4) is 0 Å². The molecule has 6 aliphatic rings. The average Bonchev–Trinajstić information content (AvgIpc) is 3.27. The number of Topliss-reactive ketones (excluding diaryl/α,β-unsaturated/α-hetero) is 1. The number of carbonyl (C=O) groups excluding carboxylic acids is 1. The fraction of sp³-hybridized carbons (Fsp3) is 0.885. The zero-order valence-electron chi connectivity index (χ0n) is 19.1. The highest BCUT2D eigenvalue weighted by atomic mass is 16.5. The molecular formula is C26H39NO2. The Morgan fingerprint density at radius 3 is 2.52 bits per heavy atom. The Hall–Kier alpha value is -0.670. The maximum Gasteiger partial charge on any atom is 0.159 e. The van der Waals surface area contributed by atoms with Gasteiger partial charge in [0.15, 0.2) is 5.78 Å². The molecule has 1 heterocycles. The quantitative estimate of drug-likeness (QED) is 0.526. The lowest BCUT2D eigenvalue weighted by atomic mass is 9.42. The monoisotopic (exact) mass is 397 g/mol. The molecule has 29 heavy (non-hydrogen) atoms. The van der Waals surface area contributed by atoms with Gasteiger partial charge < -0.3 is 4.74 Å². The first-order valence-electron chi connectivity index (χ1n) is 12.2. The van der Waals surface area contributed by atoms with Crippen molar-refractivity contribution in [3.05, 3.63) is 11.6 Å². The molecule has 0 aromatic rings. The zero-order chi connectivity index (χ0) is 20.4. The summed E-state index contributed by atoms with van der Waals surface area (Å²) in [5.41, 5.74) is 2.77. The number of allylic oxidation sites excluding steroid dienone is 2. The average molecular weight is 398 g/mol. The Labute approximate surface area is 176 Å². The van der Waals surface area contributed by atoms with E-state index in [0.29, 0.717) is 28.1 Å². The van der Waals surface area contributed by atoms with Gasteiger partial charge in [-0.25, -0.2) is 0 Å². The maximum atomic E-state index is 13.0. The Morgan fingerprint density at radius 1 is 1.03 bits per heavy atom. The number of ether oxygens (including phenoxy) is 1. The highest BCUT2D eigenvalue weighted by Gasteiger charge is 2.82. The van der Waals surface area contributed by atoms with E-state index in [-0.39, 0.29) is 10.8 Å². The highest BCUT2D eigenvalue weighted by Crippen LogP contribution is 2.88. The van der Waals surface area contributed by atoms with Crippen LogP contribution in [0, 0.1) is 38.9 Å². The Kier molecular flexibility index (Phi) is 3.54. The molecule has 6 rings (SSSR count). The van der Waals surface area contributed by atoms with Gasteiger partial charge in [0.05, 0.1) is 13.3 Å². The van der Waals surface area contributed by atoms with Crippen LogP contribution in [0.2, 0.25) is 0 Å². The summed E-state index contributed by atoms with van der Waals surface area (Å²) in [6.07, 6.45) is 12.4. The normalized spacial score (nSPS) is 60.1. The summed E-state index contributed by atoms with van der Waals surface area (Å²) >= 11 is 0. The fourth-order valence-electron chi connectivity index (χ4n) is 10.8. The standard InChI is InChI=1S/C26H39NO2/c1-6-17-18(28)13-24(4)20-8-7-19-22(2)15-29-16-27(5)21(22)9-10-25(19)14-26(20,25)12-11-23(17,24)3/h6,19-21H,7-16H2,1-5H3/b17-6+/t19-,20-,21-,22-,23+,24-,25+,26-/m0/s1. The first-order valence-corrected chi connectivity index (χ1v) is 12.2. The number of carbonyl (C=O) groups is 1. The largest absolute Gasteiger partial charge is 0.365 e. The van der Waals surface area contributed by atoms with Gasteiger partial charge in [-0.1, -0.05) is 26.8 Å². The third-order valence-corrected chi connectivity index (χ3v) is 12.0. The molecule has 5 aliphatic carbocycles. The van der Waals surface area contributed by atoms with Gasteiger partial charge in [-0.15, -0.1) is 0 Å². The number of ketones is 1. The van der Waals surface area contributed by atoms with Crippen molar-refractivity contribution in [3.63, 3.8) is 0 Å². The third kappa shape index (κ3) is 1.85. The van der Waals surface area contributed by atoms with Gasteiger partial charge in [-0.05, 0) is 92.6 Å². The van der Waals surface area contributed by atoms with E-state index < -0.39 is 0 Å². The molecule has 0 aromatic carbocycles. The smallest absolute Gasteiger partial charge is 0.159 e. The van der Waals surface area contributed by atoms with E-state index in [2.05, 4.69) is 45.7 Å². The fourth-order valence-corrected chi connectivity index (χ4v) is 10.8. The zero-order valence-corrected chi connectivity index (χ0v) is 19.1. The van der Waals surface area contributed by atoms with Crippen LogP contribution in [-0.2, 0) is 9.53 Å². The Bertz CT molecular complexity index is 820. The van der Waals surface area contributed by atoms with E-state index in [1.807, 2.05) is 0 Å². The van der Waals surface area contributed by atoms with Crippen LogP contribution in [0.15, 0.2) is 11.6 Å². The summed E-state index contributed by atoms with van der Waals surface area (Å²) in [5, 5.41) is 0. The molecule has 0 radical (unpaired) electrons. The van der Waals surface area contributed by atoms with Gasteiger partial charge >= 0.3 is 0 Å². The van der Waals surface area contributed by atoms with Gasteiger partial charge in [-0.2, -0.15) is 0 Å². The van der Waals surface area contributed by atoms with Crippen LogP contribution < -0.4 is 0 Å². The van der Waals surface area contributed by atoms with E-state index in [4.69, 9.17) is 4.74 Å².